The van der Waals surface area contributed by atoms with Crippen LogP contribution in [0.3, 0.4) is 0 Å². The normalized spacial score (nSPS) is 14.0. The number of ether oxygens (including phenoxy) is 1. The number of carbonyl (C=O) groups is 1. The van der Waals surface area contributed by atoms with Crippen LogP contribution in [0.15, 0.2) is 29.6 Å². The molecule has 1 aliphatic heterocycles. The monoisotopic (exact) mass is 372 g/mol. The first-order valence-corrected chi connectivity index (χ1v) is 9.11. The molecule has 2 aromatic heterocycles. The molecule has 2 aromatic rings. The van der Waals surface area contributed by atoms with Crippen LogP contribution in [0.1, 0.15) is 25.0 Å². The Labute approximate surface area is 157 Å². The summed E-state index contributed by atoms with van der Waals surface area (Å²) in [7, 11) is 0. The molecule has 1 aliphatic rings. The molecule has 9 heteroatoms. The van der Waals surface area contributed by atoms with Gasteiger partial charge in [-0.3, -0.25) is 14.2 Å². The van der Waals surface area contributed by atoms with Crippen molar-refractivity contribution in [1.82, 2.24) is 24.8 Å². The first kappa shape index (κ1) is 18.8. The van der Waals surface area contributed by atoms with Gasteiger partial charge in [0.25, 0.3) is 5.56 Å². The van der Waals surface area contributed by atoms with Crippen LogP contribution in [0, 0.1) is 6.92 Å². The van der Waals surface area contributed by atoms with Crippen LogP contribution in [-0.4, -0.2) is 51.7 Å². The Morgan fingerprint density at radius 3 is 2.78 bits per heavy atom. The van der Waals surface area contributed by atoms with Crippen LogP contribution in [0.25, 0.3) is 0 Å². The van der Waals surface area contributed by atoms with Crippen molar-refractivity contribution in [3.63, 3.8) is 0 Å². The summed E-state index contributed by atoms with van der Waals surface area (Å²) < 4.78 is 6.87. The first-order chi connectivity index (χ1) is 13.1. The zero-order valence-electron chi connectivity index (χ0n) is 15.4. The van der Waals surface area contributed by atoms with Gasteiger partial charge in [0.05, 0.1) is 12.9 Å². The summed E-state index contributed by atoms with van der Waals surface area (Å²) in [5.41, 5.74) is 0.374. The largest absolute Gasteiger partial charge is 0.476 e. The van der Waals surface area contributed by atoms with E-state index in [9.17, 15) is 9.59 Å². The molecule has 27 heavy (non-hydrogen) atoms. The molecular formula is C18H24N6O3. The highest BCUT2D eigenvalue weighted by Gasteiger charge is 2.13. The third-order valence-corrected chi connectivity index (χ3v) is 4.31. The van der Waals surface area contributed by atoms with Gasteiger partial charge in [0, 0.05) is 30.9 Å². The molecule has 1 saturated heterocycles. The van der Waals surface area contributed by atoms with Crippen LogP contribution < -0.4 is 20.5 Å². The molecule has 0 bridgehead atoms. The number of aryl methyl sites for hydroxylation is 1. The van der Waals surface area contributed by atoms with Crippen molar-refractivity contribution in [3.8, 4) is 5.88 Å². The highest BCUT2D eigenvalue weighted by atomic mass is 16.5. The summed E-state index contributed by atoms with van der Waals surface area (Å²) in [6.45, 7) is 4.25. The van der Waals surface area contributed by atoms with Crippen LogP contribution >= 0.6 is 0 Å². The van der Waals surface area contributed by atoms with Gasteiger partial charge in [-0.05, 0) is 26.2 Å². The smallest absolute Gasteiger partial charge is 0.253 e. The lowest BCUT2D eigenvalue weighted by Gasteiger charge is -2.27. The predicted molar refractivity (Wildman–Crippen MR) is 99.8 cm³/mol. The number of aromatic nitrogens is 4. The van der Waals surface area contributed by atoms with Crippen molar-refractivity contribution in [3.05, 3.63) is 40.8 Å². The Morgan fingerprint density at radius 2 is 2.00 bits per heavy atom. The second-order valence-electron chi connectivity index (χ2n) is 6.46. The molecule has 0 spiro atoms. The molecule has 3 heterocycles. The predicted octanol–water partition coefficient (Wildman–Crippen LogP) is 0.527. The minimum Gasteiger partial charge on any atom is -0.476 e. The third kappa shape index (κ3) is 5.50. The summed E-state index contributed by atoms with van der Waals surface area (Å²) in [6, 6.07) is 3.22. The summed E-state index contributed by atoms with van der Waals surface area (Å²) in [5.74, 6) is 1.08. The van der Waals surface area contributed by atoms with E-state index in [4.69, 9.17) is 4.74 Å². The van der Waals surface area contributed by atoms with E-state index in [-0.39, 0.29) is 24.6 Å². The summed E-state index contributed by atoms with van der Waals surface area (Å²) in [4.78, 5) is 38.4. The molecule has 1 fully saturated rings. The van der Waals surface area contributed by atoms with E-state index in [1.807, 2.05) is 6.07 Å². The number of hydrogen-bond donors (Lipinski definition) is 1. The topological polar surface area (TPSA) is 102 Å². The molecule has 0 saturated carbocycles. The van der Waals surface area contributed by atoms with E-state index in [0.29, 0.717) is 18.1 Å². The Hall–Kier alpha value is -2.97. The summed E-state index contributed by atoms with van der Waals surface area (Å²) in [5, 5.41) is 2.72. The van der Waals surface area contributed by atoms with Gasteiger partial charge >= 0.3 is 0 Å². The van der Waals surface area contributed by atoms with Crippen molar-refractivity contribution in [2.75, 3.05) is 31.1 Å². The second kappa shape index (κ2) is 9.11. The van der Waals surface area contributed by atoms with Crippen molar-refractivity contribution >= 4 is 11.7 Å². The number of nitrogens with one attached hydrogen (secondary N) is 1. The number of hydrogen-bond acceptors (Lipinski definition) is 7. The summed E-state index contributed by atoms with van der Waals surface area (Å²) >= 11 is 0. The fourth-order valence-corrected chi connectivity index (χ4v) is 2.90. The van der Waals surface area contributed by atoms with Gasteiger partial charge in [-0.25, -0.2) is 15.0 Å². The molecule has 9 nitrogen and oxygen atoms in total. The number of rotatable bonds is 7. The standard InChI is InChI=1S/C18H24N6O3/c1-14-9-18(26)24(13-22-14)11-16(25)19-5-8-27-17-10-15(20-12-21-17)23-6-3-2-4-7-23/h9-10,12-13H,2-8,11H2,1H3,(H,19,25). The molecule has 3 rings (SSSR count). The molecule has 1 amide bonds. The Balaban J connectivity index is 1.43. The fourth-order valence-electron chi connectivity index (χ4n) is 2.90. The highest BCUT2D eigenvalue weighted by molar-refractivity contribution is 5.75. The van der Waals surface area contributed by atoms with Crippen molar-refractivity contribution in [2.45, 2.75) is 32.7 Å². The molecule has 0 atom stereocenters. The molecule has 0 aromatic carbocycles. The van der Waals surface area contributed by atoms with E-state index in [1.165, 1.54) is 42.6 Å². The van der Waals surface area contributed by atoms with Gasteiger partial charge in [-0.15, -0.1) is 0 Å². The van der Waals surface area contributed by atoms with Gasteiger partial charge in [-0.2, -0.15) is 0 Å². The van der Waals surface area contributed by atoms with Crippen molar-refractivity contribution in [1.29, 1.82) is 0 Å². The SMILES string of the molecule is Cc1cc(=O)n(CC(=O)NCCOc2cc(N3CCCCC3)ncn2)cn1. The fraction of sp³-hybridized carbons (Fsp3) is 0.500. The molecule has 1 N–H and O–H groups in total. The summed E-state index contributed by atoms with van der Waals surface area (Å²) in [6.07, 6.45) is 6.47. The third-order valence-electron chi connectivity index (χ3n) is 4.31. The van der Waals surface area contributed by atoms with E-state index in [2.05, 4.69) is 25.2 Å². The minimum absolute atomic E-state index is 0.0707. The number of piperidine rings is 1. The maximum atomic E-state index is 11.9. The second-order valence-corrected chi connectivity index (χ2v) is 6.46. The zero-order chi connectivity index (χ0) is 19.1. The van der Waals surface area contributed by atoms with E-state index < -0.39 is 0 Å². The minimum atomic E-state index is -0.275. The maximum absolute atomic E-state index is 11.9. The van der Waals surface area contributed by atoms with Gasteiger partial charge in [0.1, 0.15) is 25.3 Å². The van der Waals surface area contributed by atoms with Gasteiger partial charge < -0.3 is 15.0 Å². The van der Waals surface area contributed by atoms with Crippen LogP contribution in [0.5, 0.6) is 5.88 Å². The van der Waals surface area contributed by atoms with Crippen molar-refractivity contribution in [2.24, 2.45) is 0 Å². The highest BCUT2D eigenvalue weighted by Crippen LogP contribution is 2.19. The quantitative estimate of drug-likeness (QED) is 0.707. The van der Waals surface area contributed by atoms with Crippen LogP contribution in [-0.2, 0) is 11.3 Å². The molecule has 0 aliphatic carbocycles. The van der Waals surface area contributed by atoms with Gasteiger partial charge in [0.2, 0.25) is 11.8 Å². The molecule has 0 unspecified atom stereocenters. The average Bonchev–Trinajstić information content (AvgIpc) is 2.68. The van der Waals surface area contributed by atoms with Gasteiger partial charge in [-0.1, -0.05) is 0 Å². The molecular weight excluding hydrogens is 348 g/mol. The Morgan fingerprint density at radius 1 is 1.19 bits per heavy atom. The Kier molecular flexibility index (Phi) is 6.35. The lowest BCUT2D eigenvalue weighted by molar-refractivity contribution is -0.121. The lowest BCUT2D eigenvalue weighted by Crippen LogP contribution is -2.34. The maximum Gasteiger partial charge on any atom is 0.253 e. The molecule has 0 radical (unpaired) electrons. The first-order valence-electron chi connectivity index (χ1n) is 9.11. The Bertz CT molecular complexity index is 832. The van der Waals surface area contributed by atoms with E-state index in [1.54, 1.807) is 6.92 Å². The lowest BCUT2D eigenvalue weighted by atomic mass is 10.1. The number of anilines is 1. The average molecular weight is 372 g/mol. The number of carbonyl (C=O) groups excluding carboxylic acids is 1. The zero-order valence-corrected chi connectivity index (χ0v) is 15.4. The number of amides is 1. The van der Waals surface area contributed by atoms with Crippen LogP contribution in [0.4, 0.5) is 5.82 Å². The molecule has 144 valence electrons. The van der Waals surface area contributed by atoms with E-state index >= 15 is 0 Å². The van der Waals surface area contributed by atoms with E-state index in [0.717, 1.165) is 18.9 Å². The van der Waals surface area contributed by atoms with Crippen LogP contribution in [0.2, 0.25) is 0 Å². The number of nitrogens with zero attached hydrogens (tertiary/aromatic N) is 5. The van der Waals surface area contributed by atoms with Gasteiger partial charge in [0.15, 0.2) is 0 Å². The van der Waals surface area contributed by atoms with Crippen molar-refractivity contribution < 1.29 is 9.53 Å².